The van der Waals surface area contributed by atoms with Crippen LogP contribution in [0.4, 0.5) is 0 Å². The van der Waals surface area contributed by atoms with Crippen LogP contribution in [0.15, 0.2) is 12.7 Å². The molecule has 0 amide bonds. The fourth-order valence-electron chi connectivity index (χ4n) is 0.515. The van der Waals surface area contributed by atoms with Gasteiger partial charge in [-0.2, -0.15) is 0 Å². The lowest BCUT2D eigenvalue weighted by Crippen LogP contribution is -2.24. The first-order valence-corrected chi connectivity index (χ1v) is 3.27. The van der Waals surface area contributed by atoms with Gasteiger partial charge in [0.2, 0.25) is 0 Å². The topological polar surface area (TPSA) is 32.3 Å². The molecule has 0 heterocycles. The zero-order valence-corrected chi connectivity index (χ0v) is 5.93. The van der Waals surface area contributed by atoms with Gasteiger partial charge >= 0.3 is 0 Å². The van der Waals surface area contributed by atoms with Crippen molar-refractivity contribution in [2.45, 2.75) is 19.4 Å². The van der Waals surface area contributed by atoms with Crippen molar-refractivity contribution in [2.24, 2.45) is 0 Å². The van der Waals surface area contributed by atoms with Gasteiger partial charge in [-0.1, -0.05) is 6.08 Å². The van der Waals surface area contributed by atoms with E-state index in [-0.39, 0.29) is 6.10 Å². The lowest BCUT2D eigenvalue weighted by Gasteiger charge is -2.03. The lowest BCUT2D eigenvalue weighted by atomic mass is 10.4. The van der Waals surface area contributed by atoms with Gasteiger partial charge in [-0.05, 0) is 19.9 Å². The second-order valence-corrected chi connectivity index (χ2v) is 2.13. The van der Waals surface area contributed by atoms with Crippen LogP contribution in [-0.2, 0) is 0 Å². The van der Waals surface area contributed by atoms with Crippen LogP contribution in [0.1, 0.15) is 13.3 Å². The Balaban J connectivity index is 2.82. The summed E-state index contributed by atoms with van der Waals surface area (Å²) in [6.45, 7) is 6.93. The summed E-state index contributed by atoms with van der Waals surface area (Å²) < 4.78 is 0. The Morgan fingerprint density at radius 2 is 2.44 bits per heavy atom. The van der Waals surface area contributed by atoms with Crippen LogP contribution in [0.3, 0.4) is 0 Å². The first kappa shape index (κ1) is 8.66. The predicted octanol–water partition coefficient (Wildman–Crippen LogP) is 0.533. The summed E-state index contributed by atoms with van der Waals surface area (Å²) in [4.78, 5) is 0. The summed E-state index contributed by atoms with van der Waals surface area (Å²) in [5.74, 6) is 0. The fourth-order valence-corrected chi connectivity index (χ4v) is 0.515. The van der Waals surface area contributed by atoms with Crippen molar-refractivity contribution in [3.05, 3.63) is 12.7 Å². The van der Waals surface area contributed by atoms with E-state index in [4.69, 9.17) is 5.11 Å². The average Bonchev–Trinajstić information content (AvgIpc) is 1.80. The molecule has 0 aromatic rings. The van der Waals surface area contributed by atoms with E-state index >= 15 is 0 Å². The maximum atomic E-state index is 8.76. The summed E-state index contributed by atoms with van der Waals surface area (Å²) in [7, 11) is 0. The SMILES string of the molecule is C=CCCNC[C@@H](C)O. The van der Waals surface area contributed by atoms with Gasteiger partial charge in [0.1, 0.15) is 0 Å². The van der Waals surface area contributed by atoms with Gasteiger partial charge < -0.3 is 10.4 Å². The molecule has 0 radical (unpaired) electrons. The van der Waals surface area contributed by atoms with E-state index in [0.717, 1.165) is 13.0 Å². The molecule has 9 heavy (non-hydrogen) atoms. The van der Waals surface area contributed by atoms with E-state index in [1.165, 1.54) is 0 Å². The zero-order chi connectivity index (χ0) is 7.11. The monoisotopic (exact) mass is 129 g/mol. The van der Waals surface area contributed by atoms with Crippen molar-refractivity contribution < 1.29 is 5.11 Å². The van der Waals surface area contributed by atoms with E-state index in [2.05, 4.69) is 11.9 Å². The van der Waals surface area contributed by atoms with Crippen LogP contribution in [0.5, 0.6) is 0 Å². The minimum Gasteiger partial charge on any atom is -0.392 e. The molecule has 0 unspecified atom stereocenters. The molecule has 1 atom stereocenters. The van der Waals surface area contributed by atoms with Gasteiger partial charge in [-0.15, -0.1) is 6.58 Å². The first-order chi connectivity index (χ1) is 4.27. The van der Waals surface area contributed by atoms with Gasteiger partial charge in [-0.25, -0.2) is 0 Å². The molecule has 2 heteroatoms. The molecule has 54 valence electrons. The van der Waals surface area contributed by atoms with Gasteiger partial charge in [0, 0.05) is 6.54 Å². The van der Waals surface area contributed by atoms with E-state index < -0.39 is 0 Å². The van der Waals surface area contributed by atoms with Gasteiger partial charge in [-0.3, -0.25) is 0 Å². The smallest absolute Gasteiger partial charge is 0.0636 e. The highest BCUT2D eigenvalue weighted by Gasteiger charge is 1.90. The maximum absolute atomic E-state index is 8.76. The number of hydrogen-bond donors (Lipinski definition) is 2. The molecule has 0 bridgehead atoms. The van der Waals surface area contributed by atoms with Crippen LogP contribution < -0.4 is 5.32 Å². The van der Waals surface area contributed by atoms with Crippen LogP contribution in [-0.4, -0.2) is 24.3 Å². The van der Waals surface area contributed by atoms with Crippen LogP contribution >= 0.6 is 0 Å². The largest absolute Gasteiger partial charge is 0.392 e. The van der Waals surface area contributed by atoms with Crippen molar-refractivity contribution in [3.8, 4) is 0 Å². The molecule has 0 aliphatic heterocycles. The van der Waals surface area contributed by atoms with Gasteiger partial charge in [0.05, 0.1) is 6.10 Å². The van der Waals surface area contributed by atoms with E-state index in [1.807, 2.05) is 6.08 Å². The molecule has 0 saturated carbocycles. The summed E-state index contributed by atoms with van der Waals surface area (Å²) in [5.41, 5.74) is 0. The standard InChI is InChI=1S/C7H15NO/c1-3-4-5-8-6-7(2)9/h3,7-9H,1,4-6H2,2H3/t7-/m1/s1. The third-order valence-corrected chi connectivity index (χ3v) is 0.965. The van der Waals surface area contributed by atoms with Crippen LogP contribution in [0.25, 0.3) is 0 Å². The molecular weight excluding hydrogens is 114 g/mol. The minimum atomic E-state index is -0.241. The second kappa shape index (κ2) is 5.79. The highest BCUT2D eigenvalue weighted by atomic mass is 16.3. The van der Waals surface area contributed by atoms with Crippen molar-refractivity contribution in [1.29, 1.82) is 0 Å². The van der Waals surface area contributed by atoms with E-state index in [9.17, 15) is 0 Å². The zero-order valence-electron chi connectivity index (χ0n) is 5.93. The average molecular weight is 129 g/mol. The number of aliphatic hydroxyl groups is 1. The van der Waals surface area contributed by atoms with Crippen molar-refractivity contribution in [3.63, 3.8) is 0 Å². The molecule has 0 spiro atoms. The number of nitrogens with one attached hydrogen (secondary N) is 1. The predicted molar refractivity (Wildman–Crippen MR) is 39.4 cm³/mol. The normalized spacial score (nSPS) is 13.1. The number of hydrogen-bond acceptors (Lipinski definition) is 2. The second-order valence-electron chi connectivity index (χ2n) is 2.13. The fraction of sp³-hybridized carbons (Fsp3) is 0.714. The van der Waals surface area contributed by atoms with Crippen molar-refractivity contribution in [1.82, 2.24) is 5.32 Å². The van der Waals surface area contributed by atoms with Crippen LogP contribution in [0, 0.1) is 0 Å². The Morgan fingerprint density at radius 3 is 2.89 bits per heavy atom. The molecular formula is C7H15NO. The van der Waals surface area contributed by atoms with Crippen molar-refractivity contribution >= 4 is 0 Å². The first-order valence-electron chi connectivity index (χ1n) is 3.27. The molecule has 0 aromatic heterocycles. The molecule has 2 N–H and O–H groups in total. The molecule has 0 aliphatic rings. The lowest BCUT2D eigenvalue weighted by molar-refractivity contribution is 0.192. The van der Waals surface area contributed by atoms with Gasteiger partial charge in [0.25, 0.3) is 0 Å². The minimum absolute atomic E-state index is 0.241. The Bertz CT molecular complexity index is 71.3. The molecule has 0 aromatic carbocycles. The molecule has 2 nitrogen and oxygen atoms in total. The quantitative estimate of drug-likeness (QED) is 0.419. The Labute approximate surface area is 56.6 Å². The highest BCUT2D eigenvalue weighted by Crippen LogP contribution is 1.77. The number of rotatable bonds is 5. The molecule has 0 fully saturated rings. The summed E-state index contributed by atoms with van der Waals surface area (Å²) >= 11 is 0. The summed E-state index contributed by atoms with van der Waals surface area (Å²) in [5, 5.41) is 11.8. The Morgan fingerprint density at radius 1 is 1.78 bits per heavy atom. The third kappa shape index (κ3) is 7.66. The Hall–Kier alpha value is -0.340. The third-order valence-electron chi connectivity index (χ3n) is 0.965. The molecule has 0 aliphatic carbocycles. The van der Waals surface area contributed by atoms with E-state index in [1.54, 1.807) is 6.92 Å². The maximum Gasteiger partial charge on any atom is 0.0636 e. The highest BCUT2D eigenvalue weighted by molar-refractivity contribution is 4.67. The molecule has 0 rings (SSSR count). The summed E-state index contributed by atoms with van der Waals surface area (Å²) in [6.07, 6.45) is 2.58. The van der Waals surface area contributed by atoms with Gasteiger partial charge in [0.15, 0.2) is 0 Å². The molecule has 0 saturated heterocycles. The van der Waals surface area contributed by atoms with E-state index in [0.29, 0.717) is 6.54 Å². The summed E-state index contributed by atoms with van der Waals surface area (Å²) in [6, 6.07) is 0. The van der Waals surface area contributed by atoms with Crippen LogP contribution in [0.2, 0.25) is 0 Å². The Kier molecular flexibility index (Phi) is 5.57. The van der Waals surface area contributed by atoms with Crippen molar-refractivity contribution in [2.75, 3.05) is 13.1 Å². The number of aliphatic hydroxyl groups excluding tert-OH is 1.